The molecule has 0 spiro atoms. The highest BCUT2D eigenvalue weighted by Gasteiger charge is 2.14. The number of hydrogen-bond acceptors (Lipinski definition) is 1. The number of benzene rings is 2. The fraction of sp³-hybridized carbons (Fsp3) is 0.0833. The van der Waals surface area contributed by atoms with E-state index in [1.807, 2.05) is 0 Å². The highest BCUT2D eigenvalue weighted by Crippen LogP contribution is 2.38. The van der Waals surface area contributed by atoms with Gasteiger partial charge < -0.3 is 4.40 Å². The molecule has 0 fully saturated rings. The lowest BCUT2D eigenvalue weighted by atomic mass is 9.99. The molecule has 3 aromatic heterocycles. The molecular weight excluding hydrogens is 334 g/mol. The van der Waals surface area contributed by atoms with Gasteiger partial charge in [-0.25, -0.2) is 0 Å². The van der Waals surface area contributed by atoms with Crippen molar-refractivity contribution in [2.24, 2.45) is 0 Å². The van der Waals surface area contributed by atoms with Crippen LogP contribution in [0.4, 0.5) is 0 Å². The minimum Gasteiger partial charge on any atom is -0.316 e. The molecule has 5 aromatic rings. The molecule has 0 radical (unpaired) electrons. The largest absolute Gasteiger partial charge is 0.316 e. The van der Waals surface area contributed by atoms with Gasteiger partial charge in [0.25, 0.3) is 0 Å². The van der Waals surface area contributed by atoms with Crippen LogP contribution >= 0.6 is 11.3 Å². The molecule has 5 rings (SSSR count). The van der Waals surface area contributed by atoms with E-state index in [2.05, 4.69) is 96.6 Å². The van der Waals surface area contributed by atoms with Crippen LogP contribution in [0.5, 0.6) is 0 Å². The Kier molecular flexibility index (Phi) is 3.47. The van der Waals surface area contributed by atoms with Crippen LogP contribution in [0, 0.1) is 13.8 Å². The van der Waals surface area contributed by atoms with E-state index in [1.165, 1.54) is 49.1 Å². The Morgan fingerprint density at radius 1 is 0.808 bits per heavy atom. The lowest BCUT2D eigenvalue weighted by Crippen LogP contribution is -1.88. The van der Waals surface area contributed by atoms with Crippen LogP contribution in [0.2, 0.25) is 0 Å². The lowest BCUT2D eigenvalue weighted by molar-refractivity contribution is 1.23. The standard InChI is InChI=1S/C24H19NS/c1-16-7-9-18(10-8-16)19-13-20-15-22-17(2)5-3-11-25(22)24(20)21(14-19)23-6-4-12-26-23/h3-15H,1-2H3. The highest BCUT2D eigenvalue weighted by molar-refractivity contribution is 7.13. The summed E-state index contributed by atoms with van der Waals surface area (Å²) in [6.07, 6.45) is 2.17. The SMILES string of the molecule is Cc1ccc(-c2cc(-c3cccs3)c3c(c2)cc2c(C)cccn23)cc1. The average Bonchev–Trinajstić information content (AvgIpc) is 3.30. The van der Waals surface area contributed by atoms with Gasteiger partial charge in [-0.15, -0.1) is 11.3 Å². The van der Waals surface area contributed by atoms with E-state index in [0.717, 1.165) is 0 Å². The Balaban J connectivity index is 1.89. The molecule has 2 aromatic carbocycles. The fourth-order valence-corrected chi connectivity index (χ4v) is 4.47. The molecule has 0 saturated heterocycles. The Morgan fingerprint density at radius 3 is 2.42 bits per heavy atom. The number of rotatable bonds is 2. The van der Waals surface area contributed by atoms with Gasteiger partial charge in [0.2, 0.25) is 0 Å². The Hall–Kier alpha value is -2.84. The Labute approximate surface area is 157 Å². The summed E-state index contributed by atoms with van der Waals surface area (Å²) in [5.74, 6) is 0. The minimum atomic E-state index is 1.27. The van der Waals surface area contributed by atoms with Gasteiger partial charge in [-0.2, -0.15) is 0 Å². The maximum Gasteiger partial charge on any atom is 0.0615 e. The van der Waals surface area contributed by atoms with Crippen molar-refractivity contribution in [3.8, 4) is 21.6 Å². The van der Waals surface area contributed by atoms with Crippen LogP contribution in [0.1, 0.15) is 11.1 Å². The summed E-state index contributed by atoms with van der Waals surface area (Å²) in [7, 11) is 0. The topological polar surface area (TPSA) is 4.41 Å². The van der Waals surface area contributed by atoms with Crippen LogP contribution in [0.15, 0.2) is 78.3 Å². The fourth-order valence-electron chi connectivity index (χ4n) is 3.72. The monoisotopic (exact) mass is 353 g/mol. The smallest absolute Gasteiger partial charge is 0.0615 e. The molecule has 2 heteroatoms. The summed E-state index contributed by atoms with van der Waals surface area (Å²) in [5.41, 5.74) is 9.01. The number of pyridine rings is 1. The molecule has 1 nitrogen and oxygen atoms in total. The van der Waals surface area contributed by atoms with E-state index in [-0.39, 0.29) is 0 Å². The van der Waals surface area contributed by atoms with Gasteiger partial charge >= 0.3 is 0 Å². The predicted molar refractivity (Wildman–Crippen MR) is 113 cm³/mol. The molecule has 0 bridgehead atoms. The van der Waals surface area contributed by atoms with E-state index in [4.69, 9.17) is 0 Å². The molecule has 0 aliphatic carbocycles. The van der Waals surface area contributed by atoms with Crippen LogP contribution in [-0.2, 0) is 0 Å². The van der Waals surface area contributed by atoms with Gasteiger partial charge in [0.05, 0.1) is 5.52 Å². The predicted octanol–water partition coefficient (Wildman–Crippen LogP) is 7.10. The third-order valence-electron chi connectivity index (χ3n) is 5.09. The summed E-state index contributed by atoms with van der Waals surface area (Å²) in [4.78, 5) is 1.31. The number of nitrogens with zero attached hydrogens (tertiary/aromatic N) is 1. The molecule has 0 N–H and O–H groups in total. The van der Waals surface area contributed by atoms with Gasteiger partial charge in [0, 0.05) is 27.5 Å². The molecule has 0 aliphatic heterocycles. The molecule has 0 amide bonds. The quantitative estimate of drug-likeness (QED) is 0.319. The van der Waals surface area contributed by atoms with Gasteiger partial charge in [-0.1, -0.05) is 42.0 Å². The first-order chi connectivity index (χ1) is 12.7. The lowest BCUT2D eigenvalue weighted by Gasteiger charge is -2.09. The zero-order valence-electron chi connectivity index (χ0n) is 14.9. The maximum absolute atomic E-state index is 2.34. The second-order valence-electron chi connectivity index (χ2n) is 6.90. The van der Waals surface area contributed by atoms with E-state index in [9.17, 15) is 0 Å². The van der Waals surface area contributed by atoms with Gasteiger partial charge in [0.1, 0.15) is 0 Å². The number of fused-ring (bicyclic) bond motifs is 3. The molecular formula is C24H19NS. The normalized spacial score (nSPS) is 11.5. The molecule has 0 atom stereocenters. The van der Waals surface area contributed by atoms with Crippen LogP contribution < -0.4 is 0 Å². The number of aromatic nitrogens is 1. The first-order valence-electron chi connectivity index (χ1n) is 8.86. The summed E-state index contributed by atoms with van der Waals surface area (Å²) in [6.45, 7) is 4.31. The van der Waals surface area contributed by atoms with Gasteiger partial charge in [-0.05, 0) is 66.2 Å². The third kappa shape index (κ3) is 2.38. The van der Waals surface area contributed by atoms with Gasteiger partial charge in [-0.3, -0.25) is 0 Å². The summed E-state index contributed by atoms with van der Waals surface area (Å²) in [5, 5.41) is 3.45. The average molecular weight is 353 g/mol. The van der Waals surface area contributed by atoms with E-state index >= 15 is 0 Å². The van der Waals surface area contributed by atoms with Crippen molar-refractivity contribution in [3.63, 3.8) is 0 Å². The summed E-state index contributed by atoms with van der Waals surface area (Å²) < 4.78 is 2.33. The van der Waals surface area contributed by atoms with Gasteiger partial charge in [0.15, 0.2) is 0 Å². The molecule has 26 heavy (non-hydrogen) atoms. The Bertz CT molecular complexity index is 1230. The van der Waals surface area contributed by atoms with Crippen molar-refractivity contribution in [1.82, 2.24) is 4.40 Å². The first kappa shape index (κ1) is 15.4. The molecule has 0 aliphatic rings. The zero-order chi connectivity index (χ0) is 17.7. The van der Waals surface area contributed by atoms with E-state index < -0.39 is 0 Å². The van der Waals surface area contributed by atoms with Crippen molar-refractivity contribution >= 4 is 27.8 Å². The van der Waals surface area contributed by atoms with Crippen molar-refractivity contribution < 1.29 is 0 Å². The Morgan fingerprint density at radius 2 is 1.65 bits per heavy atom. The summed E-state index contributed by atoms with van der Waals surface area (Å²) >= 11 is 1.80. The second-order valence-corrected chi connectivity index (χ2v) is 7.84. The minimum absolute atomic E-state index is 1.27. The van der Waals surface area contributed by atoms with Crippen molar-refractivity contribution in [2.45, 2.75) is 13.8 Å². The molecule has 126 valence electrons. The van der Waals surface area contributed by atoms with Crippen LogP contribution in [0.3, 0.4) is 0 Å². The van der Waals surface area contributed by atoms with E-state index in [1.54, 1.807) is 11.3 Å². The third-order valence-corrected chi connectivity index (χ3v) is 5.99. The van der Waals surface area contributed by atoms with Crippen molar-refractivity contribution in [1.29, 1.82) is 0 Å². The molecule has 0 saturated carbocycles. The van der Waals surface area contributed by atoms with Crippen molar-refractivity contribution in [3.05, 3.63) is 89.4 Å². The number of thiophene rings is 1. The molecule has 0 unspecified atom stereocenters. The number of aryl methyl sites for hydroxylation is 2. The van der Waals surface area contributed by atoms with Crippen LogP contribution in [-0.4, -0.2) is 4.40 Å². The van der Waals surface area contributed by atoms with Crippen molar-refractivity contribution in [2.75, 3.05) is 0 Å². The molecule has 3 heterocycles. The zero-order valence-corrected chi connectivity index (χ0v) is 15.7. The van der Waals surface area contributed by atoms with Crippen LogP contribution in [0.25, 0.3) is 38.0 Å². The first-order valence-corrected chi connectivity index (χ1v) is 9.74. The summed E-state index contributed by atoms with van der Waals surface area (Å²) in [6, 6.07) is 24.4. The van der Waals surface area contributed by atoms with E-state index in [0.29, 0.717) is 0 Å². The highest BCUT2D eigenvalue weighted by atomic mass is 32.1. The maximum atomic E-state index is 2.34. The number of hydrogen-bond donors (Lipinski definition) is 0. The second kappa shape index (κ2) is 5.86.